The van der Waals surface area contributed by atoms with E-state index in [1.54, 1.807) is 0 Å². The van der Waals surface area contributed by atoms with Crippen LogP contribution in [0.4, 0.5) is 0 Å². The molecule has 1 atom stereocenters. The summed E-state index contributed by atoms with van der Waals surface area (Å²) in [5.74, 6) is -1.14. The highest BCUT2D eigenvalue weighted by Gasteiger charge is 2.17. The number of carbonyl (C=O) groups is 1. The number of nitrogens with zero attached hydrogens (tertiary/aromatic N) is 2. The zero-order chi connectivity index (χ0) is 10.7. The van der Waals surface area contributed by atoms with Gasteiger partial charge in [0.25, 0.3) is 0 Å². The van der Waals surface area contributed by atoms with Gasteiger partial charge < -0.3 is 10.2 Å². The maximum Gasteiger partial charge on any atom is 0.306 e. The Bertz CT molecular complexity index is 359. The van der Waals surface area contributed by atoms with Gasteiger partial charge in [-0.25, -0.2) is 0 Å². The monoisotopic (exact) mass is 236 g/mol. The quantitative estimate of drug-likeness (QED) is 0.827. The van der Waals surface area contributed by atoms with Crippen molar-refractivity contribution in [3.05, 3.63) is 21.9 Å². The first-order valence-corrected chi connectivity index (χ1v) is 4.34. The molecule has 0 radical (unpaired) electrons. The number of halogens is 2. The highest BCUT2D eigenvalue weighted by Crippen LogP contribution is 2.24. The van der Waals surface area contributed by atoms with Crippen molar-refractivity contribution in [2.24, 2.45) is 0 Å². The molecular formula is C7H6Cl2N2O3. The Labute approximate surface area is 89.3 Å². The van der Waals surface area contributed by atoms with E-state index in [2.05, 4.69) is 10.2 Å². The molecule has 0 saturated heterocycles. The second kappa shape index (κ2) is 4.54. The van der Waals surface area contributed by atoms with E-state index in [1.165, 1.54) is 6.07 Å². The number of carboxylic acids is 1. The summed E-state index contributed by atoms with van der Waals surface area (Å²) >= 11 is 11.1. The van der Waals surface area contributed by atoms with Gasteiger partial charge in [-0.3, -0.25) is 4.79 Å². The Kier molecular flexibility index (Phi) is 3.62. The second-order valence-electron chi connectivity index (χ2n) is 2.53. The first kappa shape index (κ1) is 11.2. The molecule has 0 saturated carbocycles. The van der Waals surface area contributed by atoms with Crippen LogP contribution in [0.2, 0.25) is 10.3 Å². The first-order chi connectivity index (χ1) is 6.50. The van der Waals surface area contributed by atoms with Gasteiger partial charge in [0.1, 0.15) is 0 Å². The number of hydrogen-bond acceptors (Lipinski definition) is 4. The molecule has 7 heteroatoms. The summed E-state index contributed by atoms with van der Waals surface area (Å²) < 4.78 is 0. The molecule has 5 nitrogen and oxygen atoms in total. The van der Waals surface area contributed by atoms with Crippen LogP contribution < -0.4 is 0 Å². The van der Waals surface area contributed by atoms with Crippen molar-refractivity contribution in [3.8, 4) is 0 Å². The predicted octanol–water partition coefficient (Wildman–Crippen LogP) is 1.29. The van der Waals surface area contributed by atoms with E-state index in [-0.39, 0.29) is 15.9 Å². The maximum atomic E-state index is 10.3. The van der Waals surface area contributed by atoms with Crippen molar-refractivity contribution in [2.75, 3.05) is 0 Å². The highest BCUT2D eigenvalue weighted by molar-refractivity contribution is 6.31. The van der Waals surface area contributed by atoms with E-state index in [0.29, 0.717) is 0 Å². The topological polar surface area (TPSA) is 83.3 Å². The molecule has 0 unspecified atom stereocenters. The van der Waals surface area contributed by atoms with Gasteiger partial charge in [-0.2, -0.15) is 0 Å². The molecule has 0 aliphatic carbocycles. The average Bonchev–Trinajstić information content (AvgIpc) is 2.08. The molecule has 1 aromatic heterocycles. The molecule has 76 valence electrons. The Morgan fingerprint density at radius 1 is 1.50 bits per heavy atom. The standard InChI is InChI=1S/C7H6Cl2N2O3/c8-5-1-3(7(9)11-10-5)4(12)2-6(13)14/h1,4,12H,2H2,(H,13,14)/t4-/m1/s1. The molecule has 1 aromatic rings. The number of hydrogen-bond donors (Lipinski definition) is 2. The Hall–Kier alpha value is -0.910. The van der Waals surface area contributed by atoms with Crippen LogP contribution in [-0.2, 0) is 4.79 Å². The Morgan fingerprint density at radius 2 is 2.14 bits per heavy atom. The number of aliphatic hydroxyl groups excluding tert-OH is 1. The van der Waals surface area contributed by atoms with Gasteiger partial charge in [0.05, 0.1) is 12.5 Å². The minimum absolute atomic E-state index is 0.0499. The van der Waals surface area contributed by atoms with Crippen LogP contribution >= 0.6 is 23.2 Å². The number of aromatic nitrogens is 2. The van der Waals surface area contributed by atoms with Gasteiger partial charge in [0.15, 0.2) is 10.3 Å². The van der Waals surface area contributed by atoms with Crippen molar-refractivity contribution >= 4 is 29.2 Å². The third-order valence-corrected chi connectivity index (χ3v) is 1.95. The van der Waals surface area contributed by atoms with Gasteiger partial charge in [0, 0.05) is 5.56 Å². The van der Waals surface area contributed by atoms with Crippen molar-refractivity contribution in [3.63, 3.8) is 0 Å². The molecule has 0 spiro atoms. The highest BCUT2D eigenvalue weighted by atomic mass is 35.5. The van der Waals surface area contributed by atoms with Crippen LogP contribution in [-0.4, -0.2) is 26.4 Å². The van der Waals surface area contributed by atoms with Crippen LogP contribution in [0.3, 0.4) is 0 Å². The number of aliphatic carboxylic acids is 1. The van der Waals surface area contributed by atoms with Crippen LogP contribution in [0.5, 0.6) is 0 Å². The van der Waals surface area contributed by atoms with Gasteiger partial charge in [0.2, 0.25) is 0 Å². The smallest absolute Gasteiger partial charge is 0.306 e. The lowest BCUT2D eigenvalue weighted by atomic mass is 10.1. The van der Waals surface area contributed by atoms with Crippen LogP contribution in [0, 0.1) is 0 Å². The fourth-order valence-electron chi connectivity index (χ4n) is 0.875. The van der Waals surface area contributed by atoms with E-state index in [9.17, 15) is 9.90 Å². The van der Waals surface area contributed by atoms with Gasteiger partial charge in [-0.05, 0) is 6.07 Å². The number of aliphatic hydroxyl groups is 1. The van der Waals surface area contributed by atoms with Gasteiger partial charge in [-0.1, -0.05) is 23.2 Å². The van der Waals surface area contributed by atoms with Crippen LogP contribution in [0.1, 0.15) is 18.1 Å². The van der Waals surface area contributed by atoms with Gasteiger partial charge in [-0.15, -0.1) is 10.2 Å². The molecule has 0 aromatic carbocycles. The van der Waals surface area contributed by atoms with E-state index in [4.69, 9.17) is 28.3 Å². The van der Waals surface area contributed by atoms with E-state index < -0.39 is 18.5 Å². The third-order valence-electron chi connectivity index (χ3n) is 1.47. The van der Waals surface area contributed by atoms with Gasteiger partial charge >= 0.3 is 5.97 Å². The number of rotatable bonds is 3. The van der Waals surface area contributed by atoms with E-state index in [1.807, 2.05) is 0 Å². The fraction of sp³-hybridized carbons (Fsp3) is 0.286. The Balaban J connectivity index is 2.93. The minimum Gasteiger partial charge on any atom is -0.481 e. The van der Waals surface area contributed by atoms with Crippen molar-refractivity contribution < 1.29 is 15.0 Å². The summed E-state index contributed by atoms with van der Waals surface area (Å²) in [4.78, 5) is 10.3. The molecule has 0 aliphatic heterocycles. The molecular weight excluding hydrogens is 231 g/mol. The molecule has 0 bridgehead atoms. The fourth-order valence-corrected chi connectivity index (χ4v) is 1.25. The summed E-state index contributed by atoms with van der Waals surface area (Å²) in [5, 5.41) is 24.7. The molecule has 1 rings (SSSR count). The molecule has 14 heavy (non-hydrogen) atoms. The summed E-state index contributed by atoms with van der Waals surface area (Å²) in [6.45, 7) is 0. The molecule has 0 fully saturated rings. The summed E-state index contributed by atoms with van der Waals surface area (Å²) in [6.07, 6.45) is -1.69. The first-order valence-electron chi connectivity index (χ1n) is 3.59. The SMILES string of the molecule is O=C(O)C[C@@H](O)c1cc(Cl)nnc1Cl. The zero-order valence-corrected chi connectivity index (χ0v) is 8.33. The predicted molar refractivity (Wildman–Crippen MR) is 49.3 cm³/mol. The molecule has 0 amide bonds. The summed E-state index contributed by atoms with van der Waals surface area (Å²) in [7, 11) is 0. The van der Waals surface area contributed by atoms with Crippen LogP contribution in [0.25, 0.3) is 0 Å². The zero-order valence-electron chi connectivity index (χ0n) is 6.81. The average molecular weight is 237 g/mol. The number of carboxylic acid groups (broad SMARTS) is 1. The Morgan fingerprint density at radius 3 is 2.71 bits per heavy atom. The van der Waals surface area contributed by atoms with Crippen molar-refractivity contribution in [2.45, 2.75) is 12.5 Å². The molecule has 0 aliphatic rings. The molecule has 1 heterocycles. The van der Waals surface area contributed by atoms with Crippen LogP contribution in [0.15, 0.2) is 6.07 Å². The van der Waals surface area contributed by atoms with E-state index >= 15 is 0 Å². The van der Waals surface area contributed by atoms with Crippen molar-refractivity contribution in [1.82, 2.24) is 10.2 Å². The normalized spacial score (nSPS) is 12.5. The van der Waals surface area contributed by atoms with Crippen molar-refractivity contribution in [1.29, 1.82) is 0 Å². The minimum atomic E-state index is -1.23. The summed E-state index contributed by atoms with van der Waals surface area (Å²) in [5.41, 5.74) is 0.161. The van der Waals surface area contributed by atoms with E-state index in [0.717, 1.165) is 0 Å². The lowest BCUT2D eigenvalue weighted by molar-refractivity contribution is -0.139. The maximum absolute atomic E-state index is 10.3. The molecule has 2 N–H and O–H groups in total. The lowest BCUT2D eigenvalue weighted by Gasteiger charge is -2.08. The largest absolute Gasteiger partial charge is 0.481 e. The lowest BCUT2D eigenvalue weighted by Crippen LogP contribution is -2.07. The summed E-state index contributed by atoms with van der Waals surface area (Å²) in [6, 6.07) is 1.28. The second-order valence-corrected chi connectivity index (χ2v) is 3.27. The third kappa shape index (κ3) is 2.80.